The average molecular weight is 224 g/mol. The highest BCUT2D eigenvalue weighted by Gasteiger charge is 2.23. The van der Waals surface area contributed by atoms with Crippen LogP contribution in [-0.4, -0.2) is 35.8 Å². The van der Waals surface area contributed by atoms with E-state index in [1.165, 1.54) is 7.11 Å². The summed E-state index contributed by atoms with van der Waals surface area (Å²) >= 11 is 0. The molecule has 0 fully saturated rings. The number of aromatic nitrogens is 2. The molecule has 1 aliphatic heterocycles. The molecule has 0 bridgehead atoms. The summed E-state index contributed by atoms with van der Waals surface area (Å²) in [5.41, 5.74) is 1.39. The third-order valence-corrected chi connectivity index (χ3v) is 2.79. The Balaban J connectivity index is 2.46. The number of esters is 1. The molecular formula is C11H16N2O3. The van der Waals surface area contributed by atoms with Crippen molar-refractivity contribution in [1.82, 2.24) is 9.55 Å². The molecule has 88 valence electrons. The van der Waals surface area contributed by atoms with E-state index >= 15 is 0 Å². The summed E-state index contributed by atoms with van der Waals surface area (Å²) in [6.45, 7) is 4.11. The molecule has 0 amide bonds. The van der Waals surface area contributed by atoms with Gasteiger partial charge in [-0.05, 0) is 0 Å². The van der Waals surface area contributed by atoms with Crippen molar-refractivity contribution in [2.45, 2.75) is 26.3 Å². The number of hydrogen-bond acceptors (Lipinski definition) is 4. The van der Waals surface area contributed by atoms with E-state index in [4.69, 9.17) is 9.47 Å². The molecule has 0 atom stereocenters. The molecule has 0 aromatic carbocycles. The number of carbonyl (C=O) groups is 1. The van der Waals surface area contributed by atoms with E-state index in [1.807, 2.05) is 6.92 Å². The fourth-order valence-electron chi connectivity index (χ4n) is 2.01. The number of aryl methyl sites for hydroxylation is 1. The maximum atomic E-state index is 11.6. The normalized spacial score (nSPS) is 15.4. The second-order valence-electron chi connectivity index (χ2n) is 3.68. The van der Waals surface area contributed by atoms with Crippen molar-refractivity contribution in [3.8, 4) is 0 Å². The molecule has 5 nitrogen and oxygen atoms in total. The first-order valence-electron chi connectivity index (χ1n) is 5.52. The molecule has 0 aliphatic carbocycles. The first kappa shape index (κ1) is 11.1. The molecule has 2 rings (SSSR count). The van der Waals surface area contributed by atoms with Crippen LogP contribution in [0, 0.1) is 0 Å². The zero-order valence-corrected chi connectivity index (χ0v) is 9.65. The van der Waals surface area contributed by atoms with Crippen LogP contribution in [0.15, 0.2) is 0 Å². The Morgan fingerprint density at radius 1 is 1.56 bits per heavy atom. The van der Waals surface area contributed by atoms with E-state index in [-0.39, 0.29) is 5.97 Å². The van der Waals surface area contributed by atoms with Crippen molar-refractivity contribution in [2.24, 2.45) is 0 Å². The van der Waals surface area contributed by atoms with Crippen LogP contribution in [0.25, 0.3) is 0 Å². The predicted octanol–water partition coefficient (Wildman–Crippen LogP) is 0.805. The Bertz CT molecular complexity index is 398. The van der Waals surface area contributed by atoms with E-state index in [2.05, 4.69) is 9.55 Å². The van der Waals surface area contributed by atoms with Gasteiger partial charge in [-0.15, -0.1) is 0 Å². The van der Waals surface area contributed by atoms with Crippen LogP contribution in [-0.2, 0) is 28.9 Å². The van der Waals surface area contributed by atoms with Crippen LogP contribution in [0.2, 0.25) is 0 Å². The monoisotopic (exact) mass is 224 g/mol. The third kappa shape index (κ3) is 1.82. The van der Waals surface area contributed by atoms with Crippen molar-refractivity contribution in [1.29, 1.82) is 0 Å². The van der Waals surface area contributed by atoms with Gasteiger partial charge >= 0.3 is 5.97 Å². The summed E-state index contributed by atoms with van der Waals surface area (Å²) in [4.78, 5) is 15.9. The van der Waals surface area contributed by atoms with E-state index < -0.39 is 0 Å². The third-order valence-electron chi connectivity index (χ3n) is 2.79. The fraction of sp³-hybridized carbons (Fsp3) is 0.636. The lowest BCUT2D eigenvalue weighted by molar-refractivity contribution is 0.0592. The summed E-state index contributed by atoms with van der Waals surface area (Å²) in [5, 5.41) is 0. The lowest BCUT2D eigenvalue weighted by Crippen LogP contribution is -2.09. The number of ether oxygens (including phenoxy) is 2. The van der Waals surface area contributed by atoms with Gasteiger partial charge in [0.25, 0.3) is 0 Å². The van der Waals surface area contributed by atoms with Crippen molar-refractivity contribution in [3.05, 3.63) is 17.2 Å². The Hall–Kier alpha value is -1.36. The fourth-order valence-corrected chi connectivity index (χ4v) is 2.01. The van der Waals surface area contributed by atoms with Crippen molar-refractivity contribution in [2.75, 3.05) is 20.3 Å². The van der Waals surface area contributed by atoms with Gasteiger partial charge in [0.05, 0.1) is 26.0 Å². The second-order valence-corrected chi connectivity index (χ2v) is 3.68. The highest BCUT2D eigenvalue weighted by molar-refractivity contribution is 5.88. The molecule has 16 heavy (non-hydrogen) atoms. The average Bonchev–Trinajstić information content (AvgIpc) is 2.50. The van der Waals surface area contributed by atoms with Crippen LogP contribution in [0.1, 0.15) is 28.9 Å². The molecule has 0 unspecified atom stereocenters. The number of nitrogens with zero attached hydrogens (tertiary/aromatic N) is 2. The van der Waals surface area contributed by atoms with Crippen LogP contribution in [0.3, 0.4) is 0 Å². The zero-order valence-electron chi connectivity index (χ0n) is 9.65. The number of fused-ring (bicyclic) bond motifs is 1. The molecule has 5 heteroatoms. The minimum Gasteiger partial charge on any atom is -0.464 e. The highest BCUT2D eigenvalue weighted by atomic mass is 16.5. The molecule has 2 heterocycles. The lowest BCUT2D eigenvalue weighted by Gasteiger charge is -2.05. The van der Waals surface area contributed by atoms with Crippen LogP contribution < -0.4 is 0 Å². The summed E-state index contributed by atoms with van der Waals surface area (Å²) in [6.07, 6.45) is 1.53. The van der Waals surface area contributed by atoms with Crippen molar-refractivity contribution < 1.29 is 14.3 Å². The minimum atomic E-state index is -0.356. The Morgan fingerprint density at radius 2 is 2.38 bits per heavy atom. The summed E-state index contributed by atoms with van der Waals surface area (Å²) in [5.74, 6) is 0.575. The summed E-state index contributed by atoms with van der Waals surface area (Å²) < 4.78 is 12.2. The van der Waals surface area contributed by atoms with Gasteiger partial charge in [-0.3, -0.25) is 0 Å². The van der Waals surface area contributed by atoms with Crippen LogP contribution >= 0.6 is 0 Å². The SMILES string of the molecule is CCc1nc(C(=O)OC)c2n1CCOCC2. The van der Waals surface area contributed by atoms with Gasteiger partial charge in [0.15, 0.2) is 5.69 Å². The first-order valence-corrected chi connectivity index (χ1v) is 5.52. The number of methoxy groups -OCH3 is 1. The van der Waals surface area contributed by atoms with Crippen molar-refractivity contribution >= 4 is 5.97 Å². The summed E-state index contributed by atoms with van der Waals surface area (Å²) in [7, 11) is 1.38. The number of carbonyl (C=O) groups excluding carboxylic acids is 1. The van der Waals surface area contributed by atoms with Crippen LogP contribution in [0.4, 0.5) is 0 Å². The van der Waals surface area contributed by atoms with Crippen molar-refractivity contribution in [3.63, 3.8) is 0 Å². The van der Waals surface area contributed by atoms with Crippen LogP contribution in [0.5, 0.6) is 0 Å². The predicted molar refractivity (Wildman–Crippen MR) is 57.5 cm³/mol. The lowest BCUT2D eigenvalue weighted by atomic mass is 10.2. The highest BCUT2D eigenvalue weighted by Crippen LogP contribution is 2.17. The Labute approximate surface area is 94.4 Å². The molecule has 1 aromatic heterocycles. The Morgan fingerprint density at radius 3 is 3.06 bits per heavy atom. The standard InChI is InChI=1S/C11H16N2O3/c1-3-9-12-10(11(14)15-2)8-4-6-16-7-5-13(8)9/h3-7H2,1-2H3. The Kier molecular flexibility index (Phi) is 3.24. The zero-order chi connectivity index (χ0) is 11.5. The number of hydrogen-bond donors (Lipinski definition) is 0. The van der Waals surface area contributed by atoms with Gasteiger partial charge in [-0.25, -0.2) is 9.78 Å². The maximum Gasteiger partial charge on any atom is 0.358 e. The topological polar surface area (TPSA) is 53.3 Å². The largest absolute Gasteiger partial charge is 0.464 e. The molecule has 0 radical (unpaired) electrons. The maximum absolute atomic E-state index is 11.6. The molecular weight excluding hydrogens is 208 g/mol. The molecule has 0 N–H and O–H groups in total. The van der Waals surface area contributed by atoms with Gasteiger partial charge in [0.2, 0.25) is 0 Å². The minimum absolute atomic E-state index is 0.356. The van der Waals surface area contributed by atoms with Gasteiger partial charge in [0.1, 0.15) is 5.82 Å². The van der Waals surface area contributed by atoms with E-state index in [0.717, 1.165) is 30.9 Å². The molecule has 1 aromatic rings. The summed E-state index contributed by atoms with van der Waals surface area (Å²) in [6, 6.07) is 0. The van der Waals surface area contributed by atoms with E-state index in [0.29, 0.717) is 18.9 Å². The number of rotatable bonds is 2. The van der Waals surface area contributed by atoms with Gasteiger partial charge in [-0.1, -0.05) is 6.92 Å². The van der Waals surface area contributed by atoms with Gasteiger partial charge in [0, 0.05) is 19.4 Å². The first-order chi connectivity index (χ1) is 7.77. The van der Waals surface area contributed by atoms with E-state index in [1.54, 1.807) is 0 Å². The van der Waals surface area contributed by atoms with Gasteiger partial charge in [-0.2, -0.15) is 0 Å². The quantitative estimate of drug-likeness (QED) is 0.697. The molecule has 1 aliphatic rings. The smallest absolute Gasteiger partial charge is 0.358 e. The number of imidazole rings is 1. The molecule has 0 saturated carbocycles. The van der Waals surface area contributed by atoms with E-state index in [9.17, 15) is 4.79 Å². The second kappa shape index (κ2) is 4.65. The molecule has 0 spiro atoms. The van der Waals surface area contributed by atoms with Gasteiger partial charge < -0.3 is 14.0 Å². The molecule has 0 saturated heterocycles.